The highest BCUT2D eigenvalue weighted by atomic mass is 35.5. The molecule has 1 amide bonds. The topological polar surface area (TPSA) is 55.1 Å². The first-order valence-electron chi connectivity index (χ1n) is 4.59. The molecule has 0 aromatic heterocycles. The van der Waals surface area contributed by atoms with Gasteiger partial charge in [0.2, 0.25) is 0 Å². The van der Waals surface area contributed by atoms with Crippen LogP contribution in [0.5, 0.6) is 0 Å². The first-order chi connectivity index (χ1) is 7.08. The molecule has 5 heteroatoms. The first-order valence-corrected chi connectivity index (χ1v) is 4.97. The predicted molar refractivity (Wildman–Crippen MR) is 55.3 cm³/mol. The molecule has 0 spiro atoms. The number of amides is 1. The zero-order chi connectivity index (χ0) is 11.0. The first kappa shape index (κ1) is 10.4. The van der Waals surface area contributed by atoms with Crippen molar-refractivity contribution in [3.8, 4) is 0 Å². The molecular formula is C10H10ClFN2O. The van der Waals surface area contributed by atoms with E-state index >= 15 is 0 Å². The van der Waals surface area contributed by atoms with E-state index in [1.165, 1.54) is 12.1 Å². The van der Waals surface area contributed by atoms with Gasteiger partial charge in [-0.2, -0.15) is 0 Å². The molecule has 15 heavy (non-hydrogen) atoms. The Bertz CT molecular complexity index is 410. The Balaban J connectivity index is 2.08. The zero-order valence-corrected chi connectivity index (χ0v) is 8.59. The van der Waals surface area contributed by atoms with E-state index in [-0.39, 0.29) is 28.6 Å². The fraction of sp³-hybridized carbons (Fsp3) is 0.300. The van der Waals surface area contributed by atoms with Crippen LogP contribution in [-0.4, -0.2) is 18.0 Å². The van der Waals surface area contributed by atoms with E-state index in [4.69, 9.17) is 17.3 Å². The second kappa shape index (κ2) is 3.79. The van der Waals surface area contributed by atoms with E-state index in [1.54, 1.807) is 0 Å². The molecule has 1 aliphatic rings. The Hall–Kier alpha value is -1.13. The molecule has 0 radical (unpaired) electrons. The van der Waals surface area contributed by atoms with Crippen LogP contribution in [-0.2, 0) is 0 Å². The third kappa shape index (κ3) is 2.27. The molecule has 1 aromatic carbocycles. The van der Waals surface area contributed by atoms with Crippen LogP contribution in [0, 0.1) is 5.82 Å². The Labute approximate surface area is 91.4 Å². The van der Waals surface area contributed by atoms with Gasteiger partial charge in [0, 0.05) is 17.6 Å². The van der Waals surface area contributed by atoms with Crippen LogP contribution in [0.1, 0.15) is 16.8 Å². The molecule has 0 aliphatic heterocycles. The van der Waals surface area contributed by atoms with Crippen LogP contribution >= 0.6 is 11.6 Å². The van der Waals surface area contributed by atoms with E-state index in [1.807, 2.05) is 0 Å². The molecule has 3 nitrogen and oxygen atoms in total. The summed E-state index contributed by atoms with van der Waals surface area (Å²) < 4.78 is 13.0. The Morgan fingerprint density at radius 1 is 1.60 bits per heavy atom. The van der Waals surface area contributed by atoms with Gasteiger partial charge < -0.3 is 11.1 Å². The fourth-order valence-corrected chi connectivity index (χ4v) is 1.39. The number of benzene rings is 1. The second-order valence-electron chi connectivity index (χ2n) is 3.61. The summed E-state index contributed by atoms with van der Waals surface area (Å²) in [5, 5.41) is 2.70. The van der Waals surface area contributed by atoms with Gasteiger partial charge >= 0.3 is 0 Å². The molecule has 1 aromatic rings. The predicted octanol–water partition coefficient (Wildman–Crippen LogP) is 1.31. The third-order valence-electron chi connectivity index (χ3n) is 2.34. The normalized spacial score (nSPS) is 23.7. The third-order valence-corrected chi connectivity index (χ3v) is 2.64. The number of hydrogen-bond donors (Lipinski definition) is 2. The van der Waals surface area contributed by atoms with E-state index in [0.29, 0.717) is 0 Å². The molecule has 0 bridgehead atoms. The lowest BCUT2D eigenvalue weighted by Crippen LogP contribution is -2.29. The SMILES string of the molecule is NC1CC1NC(=O)c1ccc(Cl)c(F)c1. The van der Waals surface area contributed by atoms with Gasteiger partial charge in [-0.25, -0.2) is 4.39 Å². The number of carbonyl (C=O) groups excluding carboxylic acids is 1. The summed E-state index contributed by atoms with van der Waals surface area (Å²) >= 11 is 5.50. The van der Waals surface area contributed by atoms with Gasteiger partial charge in [0.15, 0.2) is 0 Å². The maximum Gasteiger partial charge on any atom is 0.251 e. The largest absolute Gasteiger partial charge is 0.348 e. The lowest BCUT2D eigenvalue weighted by atomic mass is 10.2. The second-order valence-corrected chi connectivity index (χ2v) is 4.02. The average Bonchev–Trinajstić information content (AvgIpc) is 2.86. The lowest BCUT2D eigenvalue weighted by Gasteiger charge is -2.04. The van der Waals surface area contributed by atoms with Crippen molar-refractivity contribution >= 4 is 17.5 Å². The van der Waals surface area contributed by atoms with Crippen molar-refractivity contribution in [2.75, 3.05) is 0 Å². The van der Waals surface area contributed by atoms with E-state index in [9.17, 15) is 9.18 Å². The Kier molecular flexibility index (Phi) is 2.63. The zero-order valence-electron chi connectivity index (χ0n) is 7.84. The van der Waals surface area contributed by atoms with Gasteiger partial charge in [-0.15, -0.1) is 0 Å². The summed E-state index contributed by atoms with van der Waals surface area (Å²) in [6.07, 6.45) is 0.780. The van der Waals surface area contributed by atoms with Gasteiger partial charge in [0.25, 0.3) is 5.91 Å². The van der Waals surface area contributed by atoms with Crippen molar-refractivity contribution in [3.05, 3.63) is 34.6 Å². The summed E-state index contributed by atoms with van der Waals surface area (Å²) in [5.74, 6) is -0.909. The van der Waals surface area contributed by atoms with Crippen LogP contribution in [0.4, 0.5) is 4.39 Å². The smallest absolute Gasteiger partial charge is 0.251 e. The van der Waals surface area contributed by atoms with Crippen LogP contribution in [0.15, 0.2) is 18.2 Å². The molecule has 1 fully saturated rings. The molecule has 1 saturated carbocycles. The van der Waals surface area contributed by atoms with Gasteiger partial charge in [-0.1, -0.05) is 11.6 Å². The van der Waals surface area contributed by atoms with E-state index < -0.39 is 5.82 Å². The average molecular weight is 229 g/mol. The van der Waals surface area contributed by atoms with Crippen LogP contribution in [0.25, 0.3) is 0 Å². The van der Waals surface area contributed by atoms with E-state index in [2.05, 4.69) is 5.32 Å². The van der Waals surface area contributed by atoms with Gasteiger partial charge in [0.05, 0.1) is 5.02 Å². The molecule has 1 aliphatic carbocycles. The van der Waals surface area contributed by atoms with Crippen LogP contribution in [0.2, 0.25) is 5.02 Å². The van der Waals surface area contributed by atoms with Gasteiger partial charge in [0.1, 0.15) is 5.82 Å². The maximum atomic E-state index is 13.0. The van der Waals surface area contributed by atoms with Gasteiger partial charge in [-0.05, 0) is 24.6 Å². The summed E-state index contributed by atoms with van der Waals surface area (Å²) in [5.41, 5.74) is 5.80. The number of nitrogens with two attached hydrogens (primary N) is 1. The van der Waals surface area contributed by atoms with Crippen molar-refractivity contribution in [1.82, 2.24) is 5.32 Å². The summed E-state index contributed by atoms with van der Waals surface area (Å²) in [6.45, 7) is 0. The monoisotopic (exact) mass is 228 g/mol. The molecule has 0 heterocycles. The molecule has 3 N–H and O–H groups in total. The highest BCUT2D eigenvalue weighted by Gasteiger charge is 2.34. The quantitative estimate of drug-likeness (QED) is 0.802. The minimum atomic E-state index is -0.593. The number of nitrogens with one attached hydrogen (secondary N) is 1. The molecule has 2 atom stereocenters. The number of carbonyl (C=O) groups is 1. The maximum absolute atomic E-state index is 13.0. The molecular weight excluding hydrogens is 219 g/mol. The fourth-order valence-electron chi connectivity index (χ4n) is 1.27. The minimum Gasteiger partial charge on any atom is -0.348 e. The van der Waals surface area contributed by atoms with Gasteiger partial charge in [-0.3, -0.25) is 4.79 Å². The summed E-state index contributed by atoms with van der Waals surface area (Å²) in [4.78, 5) is 11.5. The Morgan fingerprint density at radius 2 is 2.27 bits per heavy atom. The summed E-state index contributed by atoms with van der Waals surface area (Å²) in [6, 6.07) is 4.01. The van der Waals surface area contributed by atoms with Crippen LogP contribution in [0.3, 0.4) is 0 Å². The standard InChI is InChI=1S/C10H10ClFN2O/c11-6-2-1-5(3-7(6)12)10(15)14-9-4-8(9)13/h1-3,8-9H,4,13H2,(H,14,15). The number of halogens is 2. The summed E-state index contributed by atoms with van der Waals surface area (Å²) in [7, 11) is 0. The molecule has 80 valence electrons. The number of rotatable bonds is 2. The highest BCUT2D eigenvalue weighted by molar-refractivity contribution is 6.30. The van der Waals surface area contributed by atoms with Crippen molar-refractivity contribution < 1.29 is 9.18 Å². The van der Waals surface area contributed by atoms with Crippen molar-refractivity contribution in [3.63, 3.8) is 0 Å². The molecule has 2 rings (SSSR count). The lowest BCUT2D eigenvalue weighted by molar-refractivity contribution is 0.0950. The van der Waals surface area contributed by atoms with Crippen molar-refractivity contribution in [2.24, 2.45) is 5.73 Å². The number of hydrogen-bond acceptors (Lipinski definition) is 2. The van der Waals surface area contributed by atoms with Crippen molar-refractivity contribution in [2.45, 2.75) is 18.5 Å². The Morgan fingerprint density at radius 3 is 2.80 bits per heavy atom. The molecule has 0 saturated heterocycles. The minimum absolute atomic E-state index is 0.00896. The van der Waals surface area contributed by atoms with E-state index in [0.717, 1.165) is 12.5 Å². The van der Waals surface area contributed by atoms with Crippen LogP contribution < -0.4 is 11.1 Å². The molecule has 2 unspecified atom stereocenters. The highest BCUT2D eigenvalue weighted by Crippen LogP contribution is 2.20. The van der Waals surface area contributed by atoms with Crippen molar-refractivity contribution in [1.29, 1.82) is 0 Å².